The first-order valence-corrected chi connectivity index (χ1v) is 12.7. The van der Waals surface area contributed by atoms with Crippen molar-refractivity contribution in [1.82, 2.24) is 14.8 Å². The molecule has 0 amide bonds. The van der Waals surface area contributed by atoms with Gasteiger partial charge in [0.1, 0.15) is 5.82 Å². The monoisotopic (exact) mass is 502 g/mol. The molecule has 4 heterocycles. The van der Waals surface area contributed by atoms with Gasteiger partial charge >= 0.3 is 0 Å². The molecule has 0 radical (unpaired) electrons. The summed E-state index contributed by atoms with van der Waals surface area (Å²) in [6, 6.07) is 20.0. The Morgan fingerprint density at radius 2 is 1.81 bits per heavy atom. The molecule has 0 bridgehead atoms. The van der Waals surface area contributed by atoms with E-state index in [9.17, 15) is 0 Å². The number of aryl methyl sites for hydroxylation is 3. The minimum absolute atomic E-state index is 0.280. The number of nitrogens with one attached hydrogen (secondary N) is 1. The topological polar surface area (TPSA) is 70.4 Å². The number of ether oxygens (including phenoxy) is 3. The largest absolute Gasteiger partial charge is 0.477 e. The summed E-state index contributed by atoms with van der Waals surface area (Å²) in [5.41, 5.74) is 5.34. The number of pyridine rings is 1. The summed E-state index contributed by atoms with van der Waals surface area (Å²) in [6.07, 6.45) is 4.56. The Morgan fingerprint density at radius 3 is 2.72 bits per heavy atom. The van der Waals surface area contributed by atoms with Gasteiger partial charge in [0, 0.05) is 29.7 Å². The van der Waals surface area contributed by atoms with Crippen LogP contribution in [0.15, 0.2) is 60.7 Å². The molecule has 2 aromatic heterocycles. The summed E-state index contributed by atoms with van der Waals surface area (Å²) < 4.78 is 19.0. The maximum absolute atomic E-state index is 6.23. The molecule has 2 aromatic carbocycles. The highest BCUT2D eigenvalue weighted by molar-refractivity contribution is 6.30. The van der Waals surface area contributed by atoms with Crippen molar-refractivity contribution in [2.24, 2.45) is 0 Å². The predicted molar refractivity (Wildman–Crippen MR) is 139 cm³/mol. The van der Waals surface area contributed by atoms with Crippen LogP contribution in [0.5, 0.6) is 17.4 Å². The number of nitrogens with zero attached hydrogens (tertiary/aromatic N) is 3. The van der Waals surface area contributed by atoms with Crippen LogP contribution in [0.4, 0.5) is 5.82 Å². The summed E-state index contributed by atoms with van der Waals surface area (Å²) in [6.45, 7) is 1.77. The second-order valence-corrected chi connectivity index (χ2v) is 9.43. The van der Waals surface area contributed by atoms with Crippen molar-refractivity contribution in [3.8, 4) is 23.1 Å². The molecule has 0 aliphatic carbocycles. The Morgan fingerprint density at radius 1 is 0.917 bits per heavy atom. The molecule has 2 aliphatic heterocycles. The van der Waals surface area contributed by atoms with Gasteiger partial charge in [-0.2, -0.15) is 5.10 Å². The van der Waals surface area contributed by atoms with E-state index in [1.807, 2.05) is 47.1 Å². The second kappa shape index (κ2) is 10.1. The number of hydrogen-bond acceptors (Lipinski definition) is 6. The molecular formula is C28H27ClN4O3. The molecule has 8 heteroatoms. The number of fused-ring (bicyclic) bond motifs is 2. The zero-order valence-corrected chi connectivity index (χ0v) is 20.6. The zero-order valence-electron chi connectivity index (χ0n) is 19.9. The quantitative estimate of drug-likeness (QED) is 0.347. The molecule has 0 fully saturated rings. The SMILES string of the molecule is Clc1ccc(-n2nc(CCc3ccc4c(c3)OCO4)cc2OCCc2ccc3c(n2)NCCC3)cc1. The summed E-state index contributed by atoms with van der Waals surface area (Å²) in [5.74, 6) is 3.31. The summed E-state index contributed by atoms with van der Waals surface area (Å²) in [5, 5.41) is 8.93. The van der Waals surface area contributed by atoms with Crippen LogP contribution in [0.25, 0.3) is 5.69 Å². The fourth-order valence-electron chi connectivity index (χ4n) is 4.54. The minimum Gasteiger partial charge on any atom is -0.477 e. The van der Waals surface area contributed by atoms with E-state index in [2.05, 4.69) is 23.5 Å². The van der Waals surface area contributed by atoms with Gasteiger partial charge in [-0.3, -0.25) is 0 Å². The smallest absolute Gasteiger partial charge is 0.231 e. The van der Waals surface area contributed by atoms with E-state index in [0.29, 0.717) is 23.9 Å². The second-order valence-electron chi connectivity index (χ2n) is 8.99. The Labute approximate surface area is 215 Å². The number of halogens is 1. The number of hydrogen-bond donors (Lipinski definition) is 1. The first kappa shape index (κ1) is 22.7. The first-order valence-electron chi connectivity index (χ1n) is 12.3. The van der Waals surface area contributed by atoms with Crippen LogP contribution < -0.4 is 19.5 Å². The highest BCUT2D eigenvalue weighted by Crippen LogP contribution is 2.33. The highest BCUT2D eigenvalue weighted by Gasteiger charge is 2.16. The van der Waals surface area contributed by atoms with Crippen LogP contribution in [-0.2, 0) is 25.7 Å². The first-order chi connectivity index (χ1) is 17.7. The van der Waals surface area contributed by atoms with Gasteiger partial charge in [0.15, 0.2) is 11.5 Å². The van der Waals surface area contributed by atoms with E-state index < -0.39 is 0 Å². The lowest BCUT2D eigenvalue weighted by atomic mass is 10.1. The zero-order chi connectivity index (χ0) is 24.3. The van der Waals surface area contributed by atoms with E-state index in [1.54, 1.807) is 0 Å². The van der Waals surface area contributed by atoms with Gasteiger partial charge in [0.05, 0.1) is 18.0 Å². The van der Waals surface area contributed by atoms with Gasteiger partial charge in [-0.05, 0) is 79.3 Å². The van der Waals surface area contributed by atoms with Gasteiger partial charge in [0.2, 0.25) is 12.7 Å². The van der Waals surface area contributed by atoms with E-state index in [0.717, 1.165) is 66.6 Å². The summed E-state index contributed by atoms with van der Waals surface area (Å²) >= 11 is 6.11. The van der Waals surface area contributed by atoms with Crippen molar-refractivity contribution in [3.63, 3.8) is 0 Å². The fraction of sp³-hybridized carbons (Fsp3) is 0.286. The van der Waals surface area contributed by atoms with Crippen molar-refractivity contribution in [3.05, 3.63) is 88.2 Å². The van der Waals surface area contributed by atoms with E-state index in [1.165, 1.54) is 11.1 Å². The molecule has 0 saturated carbocycles. The van der Waals surface area contributed by atoms with Crippen molar-refractivity contribution in [2.75, 3.05) is 25.3 Å². The highest BCUT2D eigenvalue weighted by atomic mass is 35.5. The van der Waals surface area contributed by atoms with Crippen molar-refractivity contribution >= 4 is 17.4 Å². The third-order valence-corrected chi connectivity index (χ3v) is 6.72. The van der Waals surface area contributed by atoms with Crippen LogP contribution in [0.2, 0.25) is 5.02 Å². The van der Waals surface area contributed by atoms with Crippen molar-refractivity contribution in [1.29, 1.82) is 0 Å². The number of rotatable bonds is 8. The predicted octanol–water partition coefficient (Wildman–Crippen LogP) is 5.41. The molecule has 0 unspecified atom stereocenters. The average molecular weight is 503 g/mol. The maximum Gasteiger partial charge on any atom is 0.231 e. The van der Waals surface area contributed by atoms with E-state index >= 15 is 0 Å². The van der Waals surface area contributed by atoms with Gasteiger partial charge in [-0.15, -0.1) is 0 Å². The van der Waals surface area contributed by atoms with E-state index in [4.69, 9.17) is 35.9 Å². The molecule has 184 valence electrons. The lowest BCUT2D eigenvalue weighted by Gasteiger charge is -2.17. The molecular weight excluding hydrogens is 476 g/mol. The molecule has 0 atom stereocenters. The molecule has 1 N–H and O–H groups in total. The average Bonchev–Trinajstić information content (AvgIpc) is 3.54. The normalized spacial score (nSPS) is 13.8. The fourth-order valence-corrected chi connectivity index (χ4v) is 4.67. The lowest BCUT2D eigenvalue weighted by molar-refractivity contribution is 0.174. The minimum atomic E-state index is 0.280. The number of anilines is 1. The van der Waals surface area contributed by atoms with Crippen molar-refractivity contribution in [2.45, 2.75) is 32.1 Å². The standard InChI is InChI=1S/C28H27ClN4O3/c29-21-6-10-24(11-7-21)33-27(34-15-13-22-9-5-20-2-1-14-30-28(20)31-22)17-23(32-33)8-3-19-4-12-25-26(16-19)36-18-35-25/h4-7,9-12,16-17H,1-3,8,13-15,18H2,(H,30,31). The van der Waals surface area contributed by atoms with Gasteiger partial charge in [0.25, 0.3) is 0 Å². The maximum atomic E-state index is 6.23. The van der Waals surface area contributed by atoms with Crippen LogP contribution in [0, 0.1) is 0 Å². The van der Waals surface area contributed by atoms with Crippen LogP contribution >= 0.6 is 11.6 Å². The van der Waals surface area contributed by atoms with Crippen molar-refractivity contribution < 1.29 is 14.2 Å². The third kappa shape index (κ3) is 4.97. The summed E-state index contributed by atoms with van der Waals surface area (Å²) in [7, 11) is 0. The molecule has 4 aromatic rings. The molecule has 36 heavy (non-hydrogen) atoms. The Hall–Kier alpha value is -3.71. The van der Waals surface area contributed by atoms with Gasteiger partial charge in [-0.1, -0.05) is 23.7 Å². The molecule has 6 rings (SSSR count). The molecule has 7 nitrogen and oxygen atoms in total. The van der Waals surface area contributed by atoms with Crippen LogP contribution in [0.1, 0.15) is 28.9 Å². The Bertz CT molecular complexity index is 1370. The molecule has 0 spiro atoms. The molecule has 0 saturated heterocycles. The lowest BCUT2D eigenvalue weighted by Crippen LogP contribution is -2.14. The third-order valence-electron chi connectivity index (χ3n) is 6.47. The van der Waals surface area contributed by atoms with Crippen LogP contribution in [0.3, 0.4) is 0 Å². The van der Waals surface area contributed by atoms with Crippen LogP contribution in [-0.4, -0.2) is 34.7 Å². The molecule has 2 aliphatic rings. The summed E-state index contributed by atoms with van der Waals surface area (Å²) in [4.78, 5) is 4.78. The number of aromatic nitrogens is 3. The number of benzene rings is 2. The van der Waals surface area contributed by atoms with Gasteiger partial charge in [-0.25, -0.2) is 9.67 Å². The van der Waals surface area contributed by atoms with E-state index in [-0.39, 0.29) is 6.79 Å². The Balaban J connectivity index is 1.17. The Kier molecular flexibility index (Phi) is 6.38. The van der Waals surface area contributed by atoms with Gasteiger partial charge < -0.3 is 19.5 Å².